The molecule has 134 valence electrons. The van der Waals surface area contributed by atoms with E-state index in [1.807, 2.05) is 48.7 Å². The average molecular weight is 367 g/mol. The first-order valence-electron chi connectivity index (χ1n) is 8.61. The Labute approximate surface area is 157 Å². The molecule has 0 saturated carbocycles. The summed E-state index contributed by atoms with van der Waals surface area (Å²) in [6.45, 7) is 3.21. The Morgan fingerprint density at radius 2 is 2.19 bits per heavy atom. The van der Waals surface area contributed by atoms with E-state index in [1.165, 1.54) is 0 Å². The van der Waals surface area contributed by atoms with Gasteiger partial charge in [0.05, 0.1) is 4.88 Å². The molecular weight excluding hydrogens is 346 g/mol. The van der Waals surface area contributed by atoms with Crippen LogP contribution < -0.4 is 10.6 Å². The maximum atomic E-state index is 12.2. The van der Waals surface area contributed by atoms with Gasteiger partial charge in [-0.2, -0.15) is 0 Å². The smallest absolute Gasteiger partial charge is 0.319 e. The summed E-state index contributed by atoms with van der Waals surface area (Å²) < 4.78 is 0. The van der Waals surface area contributed by atoms with E-state index < -0.39 is 0 Å². The number of hydrogen-bond acceptors (Lipinski definition) is 3. The minimum Gasteiger partial charge on any atom is -0.341 e. The van der Waals surface area contributed by atoms with Crippen molar-refractivity contribution in [3.8, 4) is 11.8 Å². The van der Waals surface area contributed by atoms with Crippen LogP contribution in [0.5, 0.6) is 0 Å². The molecule has 6 heteroatoms. The van der Waals surface area contributed by atoms with Gasteiger partial charge in [-0.25, -0.2) is 4.79 Å². The molecule has 1 aromatic carbocycles. The molecular formula is C20H21N3O2S. The van der Waals surface area contributed by atoms with Gasteiger partial charge in [0.2, 0.25) is 5.91 Å². The van der Waals surface area contributed by atoms with E-state index in [2.05, 4.69) is 22.5 Å². The minimum absolute atomic E-state index is 0.112. The summed E-state index contributed by atoms with van der Waals surface area (Å²) in [4.78, 5) is 26.6. The van der Waals surface area contributed by atoms with Gasteiger partial charge >= 0.3 is 6.03 Å². The van der Waals surface area contributed by atoms with Gasteiger partial charge in [0.25, 0.3) is 0 Å². The van der Waals surface area contributed by atoms with Crippen LogP contribution in [0.4, 0.5) is 10.5 Å². The predicted molar refractivity (Wildman–Crippen MR) is 104 cm³/mol. The van der Waals surface area contributed by atoms with E-state index in [4.69, 9.17) is 0 Å². The van der Waals surface area contributed by atoms with E-state index >= 15 is 0 Å². The molecule has 2 heterocycles. The number of benzene rings is 1. The number of thiophene rings is 1. The zero-order valence-corrected chi connectivity index (χ0v) is 15.4. The van der Waals surface area contributed by atoms with Crippen molar-refractivity contribution in [1.29, 1.82) is 0 Å². The van der Waals surface area contributed by atoms with Gasteiger partial charge < -0.3 is 15.5 Å². The molecule has 5 nitrogen and oxygen atoms in total. The average Bonchev–Trinajstić information content (AvgIpc) is 3.25. The van der Waals surface area contributed by atoms with Crippen molar-refractivity contribution < 1.29 is 9.59 Å². The first kappa shape index (κ1) is 18.0. The molecule has 1 aromatic heterocycles. The topological polar surface area (TPSA) is 61.4 Å². The summed E-state index contributed by atoms with van der Waals surface area (Å²) in [6.07, 6.45) is 1.51. The van der Waals surface area contributed by atoms with Crippen molar-refractivity contribution in [2.24, 2.45) is 0 Å². The third-order valence-corrected chi connectivity index (χ3v) is 4.80. The van der Waals surface area contributed by atoms with Crippen molar-refractivity contribution in [1.82, 2.24) is 10.2 Å². The number of rotatable bonds is 4. The van der Waals surface area contributed by atoms with Crippen molar-refractivity contribution in [3.63, 3.8) is 0 Å². The van der Waals surface area contributed by atoms with Crippen LogP contribution in [0, 0.1) is 11.8 Å². The van der Waals surface area contributed by atoms with Crippen LogP contribution in [0.15, 0.2) is 41.8 Å². The monoisotopic (exact) mass is 367 g/mol. The Bertz CT molecular complexity index is 836. The fourth-order valence-electron chi connectivity index (χ4n) is 2.82. The SMILES string of the molecule is CC(CN1CCCC1=O)NC(=O)Nc1cccc(C#Cc2cccs2)c1. The van der Waals surface area contributed by atoms with Crippen LogP contribution in [-0.2, 0) is 4.79 Å². The Morgan fingerprint density at radius 1 is 1.31 bits per heavy atom. The molecule has 1 fully saturated rings. The number of urea groups is 1. The lowest BCUT2D eigenvalue weighted by atomic mass is 10.2. The highest BCUT2D eigenvalue weighted by molar-refractivity contribution is 7.10. The van der Waals surface area contributed by atoms with Crippen LogP contribution in [-0.4, -0.2) is 36.0 Å². The number of amides is 3. The number of nitrogens with zero attached hydrogens (tertiary/aromatic N) is 1. The Morgan fingerprint density at radius 3 is 2.92 bits per heavy atom. The van der Waals surface area contributed by atoms with Crippen molar-refractivity contribution >= 4 is 29.0 Å². The molecule has 1 atom stereocenters. The first-order chi connectivity index (χ1) is 12.6. The number of nitrogens with one attached hydrogen (secondary N) is 2. The largest absolute Gasteiger partial charge is 0.341 e. The Hall–Kier alpha value is -2.78. The summed E-state index contributed by atoms with van der Waals surface area (Å²) in [5, 5.41) is 7.68. The first-order valence-corrected chi connectivity index (χ1v) is 9.49. The Balaban J connectivity index is 1.54. The van der Waals surface area contributed by atoms with E-state index in [-0.39, 0.29) is 18.0 Å². The maximum absolute atomic E-state index is 12.2. The van der Waals surface area contributed by atoms with Crippen molar-refractivity contribution in [2.75, 3.05) is 18.4 Å². The summed E-state index contributed by atoms with van der Waals surface area (Å²) >= 11 is 1.60. The van der Waals surface area contributed by atoms with E-state index in [0.29, 0.717) is 18.7 Å². The van der Waals surface area contributed by atoms with E-state index in [9.17, 15) is 9.59 Å². The van der Waals surface area contributed by atoms with Gasteiger partial charge in [0.1, 0.15) is 0 Å². The number of carbonyl (C=O) groups excluding carboxylic acids is 2. The number of anilines is 1. The third kappa shape index (κ3) is 5.11. The number of carbonyl (C=O) groups is 2. The molecule has 0 aliphatic carbocycles. The van der Waals surface area contributed by atoms with E-state index in [0.717, 1.165) is 23.4 Å². The van der Waals surface area contributed by atoms with Gasteiger partial charge in [0, 0.05) is 36.8 Å². The zero-order valence-electron chi connectivity index (χ0n) is 14.6. The second-order valence-corrected chi connectivity index (χ2v) is 7.20. The van der Waals surface area contributed by atoms with Crippen LogP contribution in [0.25, 0.3) is 0 Å². The molecule has 1 aliphatic rings. The molecule has 26 heavy (non-hydrogen) atoms. The molecule has 1 saturated heterocycles. The van der Waals surface area contributed by atoms with Crippen molar-refractivity contribution in [2.45, 2.75) is 25.8 Å². The summed E-state index contributed by atoms with van der Waals surface area (Å²) in [5.74, 6) is 6.36. The second-order valence-electron chi connectivity index (χ2n) is 6.25. The van der Waals surface area contributed by atoms with Crippen LogP contribution in [0.1, 0.15) is 30.2 Å². The van der Waals surface area contributed by atoms with Crippen LogP contribution >= 0.6 is 11.3 Å². The molecule has 3 amide bonds. The molecule has 2 N–H and O–H groups in total. The summed E-state index contributed by atoms with van der Waals surface area (Å²) in [5.41, 5.74) is 1.52. The second kappa shape index (κ2) is 8.54. The van der Waals surface area contributed by atoms with Gasteiger partial charge in [0.15, 0.2) is 0 Å². The molecule has 2 aromatic rings. The highest BCUT2D eigenvalue weighted by Gasteiger charge is 2.22. The fourth-order valence-corrected chi connectivity index (χ4v) is 3.39. The molecule has 1 aliphatic heterocycles. The van der Waals surface area contributed by atoms with Gasteiger partial charge in [-0.3, -0.25) is 4.79 Å². The highest BCUT2D eigenvalue weighted by Crippen LogP contribution is 2.12. The molecule has 0 spiro atoms. The lowest BCUT2D eigenvalue weighted by Gasteiger charge is -2.21. The van der Waals surface area contributed by atoms with Crippen LogP contribution in [0.2, 0.25) is 0 Å². The van der Waals surface area contributed by atoms with Gasteiger partial charge in [-0.1, -0.05) is 24.0 Å². The summed E-state index contributed by atoms with van der Waals surface area (Å²) in [6, 6.07) is 11.0. The maximum Gasteiger partial charge on any atom is 0.319 e. The standard InChI is InChI=1S/C20H21N3O2S/c1-15(14-23-11-3-8-19(23)24)21-20(25)22-17-6-2-5-16(13-17)9-10-18-7-4-12-26-18/h2,4-7,12-13,15H,3,8,11,14H2,1H3,(H2,21,22,25). The zero-order chi connectivity index (χ0) is 18.4. The highest BCUT2D eigenvalue weighted by atomic mass is 32.1. The minimum atomic E-state index is -0.285. The molecule has 0 radical (unpaired) electrons. The third-order valence-electron chi connectivity index (χ3n) is 4.01. The molecule has 1 unspecified atom stereocenters. The Kier molecular flexibility index (Phi) is 5.92. The fraction of sp³-hybridized carbons (Fsp3) is 0.300. The lowest BCUT2D eigenvalue weighted by molar-refractivity contribution is -0.127. The van der Waals surface area contributed by atoms with Gasteiger partial charge in [-0.15, -0.1) is 11.3 Å². The lowest BCUT2D eigenvalue weighted by Crippen LogP contribution is -2.44. The number of likely N-dealkylation sites (tertiary alicyclic amines) is 1. The van der Waals surface area contributed by atoms with Crippen LogP contribution in [0.3, 0.4) is 0 Å². The summed E-state index contributed by atoms with van der Waals surface area (Å²) in [7, 11) is 0. The normalized spacial score (nSPS) is 14.5. The van der Waals surface area contributed by atoms with Crippen molar-refractivity contribution in [3.05, 3.63) is 52.2 Å². The van der Waals surface area contributed by atoms with Gasteiger partial charge in [-0.05, 0) is 43.0 Å². The van der Waals surface area contributed by atoms with E-state index in [1.54, 1.807) is 16.2 Å². The molecule has 3 rings (SSSR count). The number of hydrogen-bond donors (Lipinski definition) is 2. The quantitative estimate of drug-likeness (QED) is 0.815. The molecule has 0 bridgehead atoms. The predicted octanol–water partition coefficient (Wildman–Crippen LogP) is 3.28.